The van der Waals surface area contributed by atoms with Gasteiger partial charge in [-0.25, -0.2) is 0 Å². The molecule has 4 heteroatoms. The molecule has 0 atom stereocenters. The van der Waals surface area contributed by atoms with E-state index in [0.29, 0.717) is 11.3 Å². The molecule has 0 bridgehead atoms. The molecule has 1 heterocycles. The lowest BCUT2D eigenvalue weighted by Crippen LogP contribution is -2.21. The van der Waals surface area contributed by atoms with Gasteiger partial charge in [-0.05, 0) is 25.6 Å². The van der Waals surface area contributed by atoms with Crippen molar-refractivity contribution in [3.05, 3.63) is 26.9 Å². The molecule has 0 fully saturated rings. The Kier molecular flexibility index (Phi) is 2.81. The largest absolute Gasteiger partial charge is 0.336 e. The van der Waals surface area contributed by atoms with Gasteiger partial charge >= 0.3 is 0 Å². The van der Waals surface area contributed by atoms with Crippen LogP contribution in [0.15, 0.2) is 10.9 Å². The van der Waals surface area contributed by atoms with Crippen molar-refractivity contribution in [2.24, 2.45) is 0 Å². The first-order valence-electron chi connectivity index (χ1n) is 3.96. The summed E-state index contributed by atoms with van der Waals surface area (Å²) in [6.45, 7) is 4.53. The number of hydrogen-bond acceptors (Lipinski definition) is 2. The third-order valence-electron chi connectivity index (χ3n) is 1.60. The van der Waals surface area contributed by atoms with Gasteiger partial charge in [0.2, 0.25) is 0 Å². The van der Waals surface area contributed by atoms with Crippen LogP contribution in [0.1, 0.15) is 19.0 Å². The molecule has 0 radical (unpaired) electrons. The molecule has 0 unspecified atom stereocenters. The fraction of sp³-hybridized carbons (Fsp3) is 0.500. The van der Waals surface area contributed by atoms with Crippen LogP contribution in [0.3, 0.4) is 0 Å². The van der Waals surface area contributed by atoms with E-state index < -0.39 is 0 Å². The molecule has 0 spiro atoms. The zero-order valence-electron chi connectivity index (χ0n) is 7.26. The van der Waals surface area contributed by atoms with Gasteiger partial charge in [0.15, 0.2) is 4.77 Å². The van der Waals surface area contributed by atoms with E-state index in [4.69, 9.17) is 12.2 Å². The molecule has 0 saturated carbocycles. The van der Waals surface area contributed by atoms with Gasteiger partial charge in [-0.15, -0.1) is 0 Å². The molecule has 1 rings (SSSR count). The highest BCUT2D eigenvalue weighted by Gasteiger charge is 1.96. The van der Waals surface area contributed by atoms with Crippen molar-refractivity contribution < 1.29 is 0 Å². The third-order valence-corrected chi connectivity index (χ3v) is 1.92. The van der Waals surface area contributed by atoms with Crippen LogP contribution in [0.4, 0.5) is 0 Å². The van der Waals surface area contributed by atoms with Gasteiger partial charge in [-0.3, -0.25) is 9.36 Å². The molecule has 1 aromatic heterocycles. The Labute approximate surface area is 76.1 Å². The molecule has 3 nitrogen and oxygen atoms in total. The van der Waals surface area contributed by atoms with Crippen LogP contribution in [0, 0.1) is 11.7 Å². The Morgan fingerprint density at radius 2 is 2.33 bits per heavy atom. The standard InChI is InChI=1S/C8H12N2OS/c1-3-4-10-7(11)5-6(2)9-8(10)12/h5H,3-4H2,1-2H3,(H,9,12). The van der Waals surface area contributed by atoms with Crippen LogP contribution in [0.2, 0.25) is 0 Å². The zero-order valence-corrected chi connectivity index (χ0v) is 8.07. The minimum absolute atomic E-state index is 0.0156. The predicted octanol–water partition coefficient (Wildman–Crippen LogP) is 1.62. The fourth-order valence-electron chi connectivity index (χ4n) is 1.07. The monoisotopic (exact) mass is 184 g/mol. The lowest BCUT2D eigenvalue weighted by atomic mass is 10.4. The van der Waals surface area contributed by atoms with Crippen molar-refractivity contribution in [1.82, 2.24) is 9.55 Å². The quantitative estimate of drug-likeness (QED) is 0.709. The lowest BCUT2D eigenvalue weighted by molar-refractivity contribution is 0.628. The highest BCUT2D eigenvalue weighted by Crippen LogP contribution is 1.90. The van der Waals surface area contributed by atoms with Gasteiger partial charge in [0.05, 0.1) is 0 Å². The molecular weight excluding hydrogens is 172 g/mol. The predicted molar refractivity (Wildman–Crippen MR) is 50.9 cm³/mol. The summed E-state index contributed by atoms with van der Waals surface area (Å²) in [7, 11) is 0. The molecule has 0 aromatic carbocycles. The summed E-state index contributed by atoms with van der Waals surface area (Å²) in [5, 5.41) is 0. The van der Waals surface area contributed by atoms with Gasteiger partial charge < -0.3 is 4.98 Å². The summed E-state index contributed by atoms with van der Waals surface area (Å²) < 4.78 is 2.09. The van der Waals surface area contributed by atoms with E-state index in [9.17, 15) is 4.79 Å². The number of aromatic amines is 1. The summed E-state index contributed by atoms with van der Waals surface area (Å²) in [6, 6.07) is 1.56. The molecule has 0 aliphatic heterocycles. The second-order valence-electron chi connectivity index (χ2n) is 2.75. The molecule has 12 heavy (non-hydrogen) atoms. The number of rotatable bonds is 2. The number of hydrogen-bond donors (Lipinski definition) is 1. The van der Waals surface area contributed by atoms with Gasteiger partial charge in [-0.2, -0.15) is 0 Å². The maximum atomic E-state index is 11.3. The van der Waals surface area contributed by atoms with E-state index >= 15 is 0 Å². The molecule has 0 amide bonds. The minimum Gasteiger partial charge on any atom is -0.336 e. The van der Waals surface area contributed by atoms with Gasteiger partial charge in [0, 0.05) is 18.3 Å². The van der Waals surface area contributed by atoms with E-state index in [1.807, 2.05) is 13.8 Å². The van der Waals surface area contributed by atoms with E-state index in [1.54, 1.807) is 10.6 Å². The molecule has 0 saturated heterocycles. The molecule has 1 N–H and O–H groups in total. The van der Waals surface area contributed by atoms with Crippen LogP contribution >= 0.6 is 12.2 Å². The minimum atomic E-state index is -0.0156. The maximum Gasteiger partial charge on any atom is 0.254 e. The van der Waals surface area contributed by atoms with Crippen molar-refractivity contribution in [3.8, 4) is 0 Å². The zero-order chi connectivity index (χ0) is 9.14. The topological polar surface area (TPSA) is 37.8 Å². The van der Waals surface area contributed by atoms with Gasteiger partial charge in [-0.1, -0.05) is 6.92 Å². The Morgan fingerprint density at radius 1 is 1.67 bits per heavy atom. The second kappa shape index (κ2) is 3.67. The molecular formula is C8H12N2OS. The van der Waals surface area contributed by atoms with Crippen molar-refractivity contribution in [2.75, 3.05) is 0 Å². The summed E-state index contributed by atoms with van der Waals surface area (Å²) in [6.07, 6.45) is 0.917. The Hall–Kier alpha value is -0.900. The fourth-order valence-corrected chi connectivity index (χ4v) is 1.41. The van der Waals surface area contributed by atoms with E-state index in [0.717, 1.165) is 12.1 Å². The Balaban J connectivity index is 3.29. The van der Waals surface area contributed by atoms with Gasteiger partial charge in [0.25, 0.3) is 5.56 Å². The number of aromatic nitrogens is 2. The Bertz CT molecular complexity index is 346. The lowest BCUT2D eigenvalue weighted by Gasteiger charge is -2.03. The summed E-state index contributed by atoms with van der Waals surface area (Å²) in [5.41, 5.74) is 0.801. The number of nitrogens with zero attached hydrogens (tertiary/aromatic N) is 1. The van der Waals surface area contributed by atoms with Crippen molar-refractivity contribution >= 4 is 12.2 Å². The first kappa shape index (κ1) is 9.19. The van der Waals surface area contributed by atoms with Crippen LogP contribution < -0.4 is 5.56 Å². The maximum absolute atomic E-state index is 11.3. The normalized spacial score (nSPS) is 10.2. The summed E-state index contributed by atoms with van der Waals surface area (Å²) in [5.74, 6) is 0. The van der Waals surface area contributed by atoms with Crippen LogP contribution in [-0.2, 0) is 6.54 Å². The highest BCUT2D eigenvalue weighted by atomic mass is 32.1. The number of H-pyrrole nitrogens is 1. The van der Waals surface area contributed by atoms with Crippen molar-refractivity contribution in [2.45, 2.75) is 26.8 Å². The van der Waals surface area contributed by atoms with Crippen LogP contribution in [0.5, 0.6) is 0 Å². The third kappa shape index (κ3) is 1.82. The smallest absolute Gasteiger partial charge is 0.254 e. The van der Waals surface area contributed by atoms with Crippen LogP contribution in [0.25, 0.3) is 0 Å². The molecule has 66 valence electrons. The average molecular weight is 184 g/mol. The van der Waals surface area contributed by atoms with E-state index in [1.165, 1.54) is 0 Å². The summed E-state index contributed by atoms with van der Waals surface area (Å²) in [4.78, 5) is 14.3. The van der Waals surface area contributed by atoms with Crippen molar-refractivity contribution in [1.29, 1.82) is 0 Å². The second-order valence-corrected chi connectivity index (χ2v) is 3.13. The molecule has 1 aromatic rings. The number of aryl methyl sites for hydroxylation is 1. The molecule has 0 aliphatic carbocycles. The first-order valence-corrected chi connectivity index (χ1v) is 4.36. The van der Waals surface area contributed by atoms with Crippen LogP contribution in [-0.4, -0.2) is 9.55 Å². The summed E-state index contributed by atoms with van der Waals surface area (Å²) >= 11 is 5.00. The average Bonchev–Trinajstić information content (AvgIpc) is 1.96. The van der Waals surface area contributed by atoms with Gasteiger partial charge in [0.1, 0.15) is 0 Å². The SMILES string of the molecule is CCCn1c(=O)cc(C)[nH]c1=S. The highest BCUT2D eigenvalue weighted by molar-refractivity contribution is 7.71. The first-order chi connectivity index (χ1) is 5.65. The molecule has 0 aliphatic rings. The van der Waals surface area contributed by atoms with Crippen molar-refractivity contribution in [3.63, 3.8) is 0 Å². The number of nitrogens with one attached hydrogen (secondary N) is 1. The van der Waals surface area contributed by atoms with E-state index in [-0.39, 0.29) is 5.56 Å². The van der Waals surface area contributed by atoms with E-state index in [2.05, 4.69) is 4.98 Å². The Morgan fingerprint density at radius 3 is 2.83 bits per heavy atom.